The van der Waals surface area contributed by atoms with E-state index in [9.17, 15) is 28.3 Å². The van der Waals surface area contributed by atoms with E-state index >= 15 is 0 Å². The van der Waals surface area contributed by atoms with Gasteiger partial charge >= 0.3 is 27.1 Å². The first-order valence-electron chi connectivity index (χ1n) is 13.7. The zero-order valence-corrected chi connectivity index (χ0v) is 26.5. The van der Waals surface area contributed by atoms with Crippen LogP contribution in [0.4, 0.5) is 0 Å². The van der Waals surface area contributed by atoms with Crippen LogP contribution in [0.5, 0.6) is 0 Å². The second-order valence-corrected chi connectivity index (χ2v) is 14.2. The zero-order chi connectivity index (χ0) is 32.5. The van der Waals surface area contributed by atoms with E-state index in [0.29, 0.717) is 38.5 Å². The molecule has 0 aliphatic heterocycles. The van der Waals surface area contributed by atoms with Gasteiger partial charge in [-0.2, -0.15) is 10.2 Å². The monoisotopic (exact) mass is 644 g/mol. The molecule has 0 saturated heterocycles. The average molecular weight is 645 g/mol. The maximum atomic E-state index is 12.5. The van der Waals surface area contributed by atoms with Crippen LogP contribution in [0.15, 0.2) is 10.2 Å². The average Bonchev–Trinajstić information content (AvgIpc) is 2.86. The van der Waals surface area contributed by atoms with Gasteiger partial charge in [0.1, 0.15) is 13.2 Å². The summed E-state index contributed by atoms with van der Waals surface area (Å²) in [4.78, 5) is 83.7. The van der Waals surface area contributed by atoms with Crippen molar-refractivity contribution in [3.63, 3.8) is 0 Å². The number of azo groups is 1. The van der Waals surface area contributed by atoms with Crippen molar-refractivity contribution in [3.8, 4) is 0 Å². The van der Waals surface area contributed by atoms with Crippen molar-refractivity contribution in [3.05, 3.63) is 0 Å². The summed E-state index contributed by atoms with van der Waals surface area (Å²) >= 11 is 0. The third-order valence-electron chi connectivity index (χ3n) is 5.62. The quantitative estimate of drug-likeness (QED) is 0.0427. The van der Waals surface area contributed by atoms with Crippen LogP contribution in [0.1, 0.15) is 79.1 Å². The van der Waals surface area contributed by atoms with E-state index in [0.717, 1.165) is 0 Å². The second-order valence-electron chi connectivity index (χ2n) is 10.7. The van der Waals surface area contributed by atoms with Gasteiger partial charge in [0, 0.05) is 25.2 Å². The molecule has 0 rings (SSSR count). The summed E-state index contributed by atoms with van der Waals surface area (Å²) in [6, 6.07) is 0. The Morgan fingerprint density at radius 3 is 1.26 bits per heavy atom. The highest BCUT2D eigenvalue weighted by molar-refractivity contribution is 7.52. The van der Waals surface area contributed by atoms with E-state index < -0.39 is 50.0 Å². The number of hydrogen-bond donors (Lipinski definition) is 6. The van der Waals surface area contributed by atoms with Gasteiger partial charge in [0.05, 0.1) is 13.1 Å². The first kappa shape index (κ1) is 39.8. The lowest BCUT2D eigenvalue weighted by molar-refractivity contribution is -0.144. The molecule has 16 nitrogen and oxygen atoms in total. The van der Waals surface area contributed by atoms with Gasteiger partial charge in [0.15, 0.2) is 11.1 Å². The van der Waals surface area contributed by atoms with Gasteiger partial charge in [-0.05, 0) is 53.4 Å². The van der Waals surface area contributed by atoms with Gasteiger partial charge in [0.2, 0.25) is 11.8 Å². The minimum atomic E-state index is -4.03. The standard InChI is InChI=1S/C24H46N4O12P2/c1-23(2,21(31)25-13-15-39-19(29)11-7-5-9-17-41(33,34)35)27-28-24(3,4)22(32)26-14-16-40-20(30)12-8-6-10-18-42(36,37)38/h5-18H2,1-4H3,(H,25,31)(H,26,32)(H2,33,34,35)(H2,36,37,38). The van der Waals surface area contributed by atoms with Gasteiger partial charge < -0.3 is 39.7 Å². The van der Waals surface area contributed by atoms with E-state index in [2.05, 4.69) is 20.9 Å². The van der Waals surface area contributed by atoms with Crippen molar-refractivity contribution in [2.24, 2.45) is 10.2 Å². The smallest absolute Gasteiger partial charge is 0.325 e. The first-order chi connectivity index (χ1) is 19.3. The highest BCUT2D eigenvalue weighted by Crippen LogP contribution is 2.36. The molecule has 18 heteroatoms. The number of amides is 2. The molecular weight excluding hydrogens is 598 g/mol. The molecule has 0 saturated carbocycles. The van der Waals surface area contributed by atoms with E-state index in [-0.39, 0.29) is 51.5 Å². The van der Waals surface area contributed by atoms with E-state index in [1.807, 2.05) is 0 Å². The number of rotatable bonds is 22. The molecule has 2 amide bonds. The lowest BCUT2D eigenvalue weighted by Gasteiger charge is -2.22. The molecule has 42 heavy (non-hydrogen) atoms. The number of carbonyl (C=O) groups is 4. The van der Waals surface area contributed by atoms with E-state index in [1.165, 1.54) is 27.7 Å². The van der Waals surface area contributed by atoms with Crippen molar-refractivity contribution in [1.29, 1.82) is 0 Å². The van der Waals surface area contributed by atoms with Gasteiger partial charge in [-0.3, -0.25) is 28.3 Å². The van der Waals surface area contributed by atoms with Crippen LogP contribution in [-0.2, 0) is 37.8 Å². The Balaban J connectivity index is 4.28. The van der Waals surface area contributed by atoms with Gasteiger partial charge in [-0.1, -0.05) is 12.8 Å². The van der Waals surface area contributed by atoms with Crippen LogP contribution < -0.4 is 10.6 Å². The maximum absolute atomic E-state index is 12.5. The van der Waals surface area contributed by atoms with Crippen molar-refractivity contribution in [2.75, 3.05) is 38.6 Å². The topological polar surface area (TPSA) is 251 Å². The Kier molecular flexibility index (Phi) is 18.1. The molecule has 0 atom stereocenters. The van der Waals surface area contributed by atoms with Crippen LogP contribution in [0, 0.1) is 0 Å². The summed E-state index contributed by atoms with van der Waals surface area (Å²) in [5.74, 6) is -2.00. The largest absolute Gasteiger partial charge is 0.464 e. The van der Waals surface area contributed by atoms with Gasteiger partial charge in [-0.25, -0.2) is 0 Å². The van der Waals surface area contributed by atoms with E-state index in [4.69, 9.17) is 29.0 Å². The Bertz CT molecular complexity index is 929. The van der Waals surface area contributed by atoms with Gasteiger partial charge in [0.25, 0.3) is 0 Å². The molecule has 0 aromatic carbocycles. The van der Waals surface area contributed by atoms with E-state index in [1.54, 1.807) is 0 Å². The number of nitrogens with one attached hydrogen (secondary N) is 2. The summed E-state index contributed by atoms with van der Waals surface area (Å²) in [5.41, 5.74) is -2.66. The number of ether oxygens (including phenoxy) is 2. The number of nitrogens with zero attached hydrogens (tertiary/aromatic N) is 2. The fourth-order valence-corrected chi connectivity index (χ4v) is 4.38. The van der Waals surface area contributed by atoms with Crippen molar-refractivity contribution < 1.29 is 57.4 Å². The SMILES string of the molecule is CC(C)(N=NC(C)(C)C(=O)NCCOC(=O)CCCCCP(=O)(O)O)C(=O)NCCOC(=O)CCCCCP(=O)(O)O. The van der Waals surface area contributed by atoms with Crippen LogP contribution in [0.2, 0.25) is 0 Å². The van der Waals surface area contributed by atoms with Crippen LogP contribution in [0.25, 0.3) is 0 Å². The summed E-state index contributed by atoms with van der Waals surface area (Å²) in [6.45, 7) is 5.88. The lowest BCUT2D eigenvalue weighted by atomic mass is 10.0. The molecule has 6 N–H and O–H groups in total. The fourth-order valence-electron chi connectivity index (χ4n) is 3.10. The predicted octanol–water partition coefficient (Wildman–Crippen LogP) is 1.79. The third kappa shape index (κ3) is 21.5. The van der Waals surface area contributed by atoms with Crippen LogP contribution in [0.3, 0.4) is 0 Å². The molecular formula is C24H46N4O12P2. The Labute approximate surface area is 246 Å². The molecule has 0 aromatic rings. The first-order valence-corrected chi connectivity index (χ1v) is 17.3. The summed E-state index contributed by atoms with van der Waals surface area (Å²) in [5, 5.41) is 13.2. The summed E-state index contributed by atoms with van der Waals surface area (Å²) in [6.07, 6.45) is 2.17. The van der Waals surface area contributed by atoms with Crippen molar-refractivity contribution >= 4 is 38.9 Å². The number of unbranched alkanes of at least 4 members (excludes halogenated alkanes) is 4. The molecule has 0 bridgehead atoms. The van der Waals surface area contributed by atoms with Crippen LogP contribution >= 0.6 is 15.2 Å². The number of esters is 2. The lowest BCUT2D eigenvalue weighted by Crippen LogP contribution is -2.44. The molecule has 0 aliphatic rings. The summed E-state index contributed by atoms with van der Waals surface area (Å²) < 4.78 is 31.6. The molecule has 0 aromatic heterocycles. The zero-order valence-electron chi connectivity index (χ0n) is 24.7. The molecule has 0 radical (unpaired) electrons. The predicted molar refractivity (Wildman–Crippen MR) is 152 cm³/mol. The Morgan fingerprint density at radius 1 is 0.619 bits per heavy atom. The van der Waals surface area contributed by atoms with Crippen molar-refractivity contribution in [2.45, 2.75) is 90.1 Å². The minimum absolute atomic E-state index is 0.0255. The Hall–Kier alpha value is -2.22. The molecule has 244 valence electrons. The number of carbonyl (C=O) groups excluding carboxylic acids is 4. The second kappa shape index (κ2) is 19.1. The van der Waals surface area contributed by atoms with Gasteiger partial charge in [-0.15, -0.1) is 0 Å². The fraction of sp³-hybridized carbons (Fsp3) is 0.833. The molecule has 0 unspecified atom stereocenters. The molecule has 0 aliphatic carbocycles. The highest BCUT2D eigenvalue weighted by atomic mass is 31.2. The highest BCUT2D eigenvalue weighted by Gasteiger charge is 2.32. The van der Waals surface area contributed by atoms with Crippen LogP contribution in [-0.4, -0.2) is 93.0 Å². The molecule has 0 fully saturated rings. The molecule has 0 heterocycles. The molecule has 0 spiro atoms. The minimum Gasteiger partial charge on any atom is -0.464 e. The maximum Gasteiger partial charge on any atom is 0.325 e. The van der Waals surface area contributed by atoms with Crippen molar-refractivity contribution in [1.82, 2.24) is 10.6 Å². The number of hydrogen-bond acceptors (Lipinski definition) is 10. The Morgan fingerprint density at radius 2 is 0.952 bits per heavy atom. The third-order valence-corrected chi connectivity index (χ3v) is 7.42. The summed E-state index contributed by atoms with van der Waals surface area (Å²) in [7, 11) is -8.06. The normalized spacial score (nSPS) is 12.7.